The van der Waals surface area contributed by atoms with Crippen LogP contribution in [0.25, 0.3) is 0 Å². The lowest BCUT2D eigenvalue weighted by atomic mass is 9.95. The van der Waals surface area contributed by atoms with Gasteiger partial charge in [-0.3, -0.25) is 4.90 Å². The molecule has 1 aliphatic carbocycles. The first kappa shape index (κ1) is 13.2. The summed E-state index contributed by atoms with van der Waals surface area (Å²) >= 11 is 6.11. The van der Waals surface area contributed by atoms with Crippen molar-refractivity contribution in [2.45, 2.75) is 31.8 Å². The van der Waals surface area contributed by atoms with Crippen LogP contribution < -0.4 is 5.73 Å². The molecular weight excluding hydrogens is 280 g/mol. The first-order chi connectivity index (χ1) is 10.2. The molecule has 4 rings (SSSR count). The Kier molecular flexibility index (Phi) is 3.16. The van der Waals surface area contributed by atoms with Gasteiger partial charge in [-0.25, -0.2) is 0 Å². The van der Waals surface area contributed by atoms with E-state index in [1.165, 1.54) is 28.7 Å². The summed E-state index contributed by atoms with van der Waals surface area (Å²) < 4.78 is 0. The molecule has 1 atom stereocenters. The average Bonchev–Trinajstić information content (AvgIpc) is 2.90. The predicted molar refractivity (Wildman–Crippen MR) is 87.5 cm³/mol. The van der Waals surface area contributed by atoms with Gasteiger partial charge in [0.25, 0.3) is 0 Å². The number of anilines is 1. The number of hydrogen-bond donors (Lipinski definition) is 1. The zero-order valence-electron chi connectivity index (χ0n) is 12.0. The van der Waals surface area contributed by atoms with Crippen LogP contribution in [-0.4, -0.2) is 11.4 Å². The largest absolute Gasteiger partial charge is 0.398 e. The van der Waals surface area contributed by atoms with Gasteiger partial charge in [-0.1, -0.05) is 29.8 Å². The van der Waals surface area contributed by atoms with E-state index in [1.807, 2.05) is 12.1 Å². The molecule has 0 spiro atoms. The third-order valence-electron chi connectivity index (χ3n) is 4.92. The molecule has 0 saturated carbocycles. The molecule has 0 amide bonds. The van der Waals surface area contributed by atoms with Gasteiger partial charge in [0.15, 0.2) is 0 Å². The molecule has 1 heterocycles. The van der Waals surface area contributed by atoms with E-state index in [4.69, 9.17) is 17.3 Å². The van der Waals surface area contributed by atoms with Crippen LogP contribution >= 0.6 is 11.6 Å². The molecule has 0 radical (unpaired) electrons. The normalized spacial score (nSPS) is 21.1. The van der Waals surface area contributed by atoms with E-state index in [-0.39, 0.29) is 0 Å². The van der Waals surface area contributed by atoms with Crippen molar-refractivity contribution in [2.24, 2.45) is 0 Å². The minimum Gasteiger partial charge on any atom is -0.398 e. The third-order valence-corrected chi connectivity index (χ3v) is 5.16. The van der Waals surface area contributed by atoms with Gasteiger partial charge in [0.1, 0.15) is 0 Å². The highest BCUT2D eigenvalue weighted by atomic mass is 35.5. The molecule has 3 heteroatoms. The van der Waals surface area contributed by atoms with Gasteiger partial charge >= 0.3 is 0 Å². The minimum atomic E-state index is 0.534. The summed E-state index contributed by atoms with van der Waals surface area (Å²) in [7, 11) is 0. The lowest BCUT2D eigenvalue weighted by molar-refractivity contribution is 0.179. The van der Waals surface area contributed by atoms with Crippen LogP contribution in [0.4, 0.5) is 5.69 Å². The summed E-state index contributed by atoms with van der Waals surface area (Å²) in [6.07, 6.45) is 3.40. The van der Waals surface area contributed by atoms with Crippen molar-refractivity contribution in [1.82, 2.24) is 4.90 Å². The number of fused-ring (bicyclic) bond motifs is 2. The van der Waals surface area contributed by atoms with Gasteiger partial charge in [0, 0.05) is 29.8 Å². The molecule has 108 valence electrons. The number of rotatable bonds is 1. The quantitative estimate of drug-likeness (QED) is 0.807. The Bertz CT molecular complexity index is 696. The van der Waals surface area contributed by atoms with E-state index in [0.717, 1.165) is 36.6 Å². The van der Waals surface area contributed by atoms with Crippen molar-refractivity contribution >= 4 is 17.3 Å². The molecule has 2 aromatic rings. The van der Waals surface area contributed by atoms with E-state index in [2.05, 4.69) is 29.2 Å². The molecule has 0 fully saturated rings. The highest BCUT2D eigenvalue weighted by molar-refractivity contribution is 6.30. The molecule has 0 aromatic heterocycles. The average molecular weight is 299 g/mol. The SMILES string of the molecule is Nc1cccc2c1CCN(C1CCc3cc(Cl)ccc31)C2. The molecule has 1 unspecified atom stereocenters. The molecule has 0 saturated heterocycles. The van der Waals surface area contributed by atoms with E-state index < -0.39 is 0 Å². The van der Waals surface area contributed by atoms with Crippen LogP contribution in [0, 0.1) is 0 Å². The van der Waals surface area contributed by atoms with Gasteiger partial charge < -0.3 is 5.73 Å². The number of nitrogens with zero attached hydrogens (tertiary/aromatic N) is 1. The summed E-state index contributed by atoms with van der Waals surface area (Å²) in [5, 5.41) is 0.853. The van der Waals surface area contributed by atoms with Crippen molar-refractivity contribution in [2.75, 3.05) is 12.3 Å². The summed E-state index contributed by atoms with van der Waals surface area (Å²) in [4.78, 5) is 2.60. The summed E-state index contributed by atoms with van der Waals surface area (Å²) in [6, 6.07) is 13.2. The summed E-state index contributed by atoms with van der Waals surface area (Å²) in [6.45, 7) is 2.10. The van der Waals surface area contributed by atoms with E-state index in [9.17, 15) is 0 Å². The first-order valence-corrected chi connectivity index (χ1v) is 7.99. The third kappa shape index (κ3) is 2.23. The second-order valence-electron chi connectivity index (χ2n) is 6.10. The number of aryl methyl sites for hydroxylation is 1. The second kappa shape index (κ2) is 5.04. The fourth-order valence-electron chi connectivity index (χ4n) is 3.87. The fourth-order valence-corrected chi connectivity index (χ4v) is 4.06. The van der Waals surface area contributed by atoms with Gasteiger partial charge in [-0.2, -0.15) is 0 Å². The smallest absolute Gasteiger partial charge is 0.0408 e. The predicted octanol–water partition coefficient (Wildman–Crippen LogP) is 3.97. The monoisotopic (exact) mass is 298 g/mol. The topological polar surface area (TPSA) is 29.3 Å². The number of benzene rings is 2. The van der Waals surface area contributed by atoms with Crippen LogP contribution in [0.1, 0.15) is 34.7 Å². The van der Waals surface area contributed by atoms with E-state index >= 15 is 0 Å². The fraction of sp³-hybridized carbons (Fsp3) is 0.333. The maximum atomic E-state index is 6.11. The molecule has 0 bridgehead atoms. The number of hydrogen-bond acceptors (Lipinski definition) is 2. The molecule has 2 nitrogen and oxygen atoms in total. The Morgan fingerprint density at radius 3 is 2.90 bits per heavy atom. The first-order valence-electron chi connectivity index (χ1n) is 7.61. The zero-order valence-corrected chi connectivity index (χ0v) is 12.7. The molecule has 2 N–H and O–H groups in total. The standard InChI is InChI=1S/C18H19ClN2/c19-14-5-6-16-12(10-14)4-7-18(16)21-9-8-15-13(11-21)2-1-3-17(15)20/h1-3,5-6,10,18H,4,7-9,11,20H2. The maximum Gasteiger partial charge on any atom is 0.0408 e. The number of nitrogens with two attached hydrogens (primary N) is 1. The van der Waals surface area contributed by atoms with Crippen molar-refractivity contribution in [3.63, 3.8) is 0 Å². The van der Waals surface area contributed by atoms with Crippen molar-refractivity contribution in [3.05, 3.63) is 63.7 Å². The molecule has 2 aliphatic rings. The van der Waals surface area contributed by atoms with Gasteiger partial charge in [0.05, 0.1) is 0 Å². The van der Waals surface area contributed by atoms with E-state index in [1.54, 1.807) is 0 Å². The molecule has 21 heavy (non-hydrogen) atoms. The highest BCUT2D eigenvalue weighted by Gasteiger charge is 2.30. The van der Waals surface area contributed by atoms with Gasteiger partial charge in [0.2, 0.25) is 0 Å². The van der Waals surface area contributed by atoms with Crippen LogP contribution in [0.5, 0.6) is 0 Å². The highest BCUT2D eigenvalue weighted by Crippen LogP contribution is 2.39. The Morgan fingerprint density at radius 2 is 2.00 bits per heavy atom. The summed E-state index contributed by atoms with van der Waals surface area (Å²) in [5.74, 6) is 0. The Labute approximate surface area is 130 Å². The Morgan fingerprint density at radius 1 is 1.10 bits per heavy atom. The van der Waals surface area contributed by atoms with E-state index in [0.29, 0.717) is 6.04 Å². The van der Waals surface area contributed by atoms with Crippen LogP contribution in [-0.2, 0) is 19.4 Å². The van der Waals surface area contributed by atoms with Crippen LogP contribution in [0.15, 0.2) is 36.4 Å². The van der Waals surface area contributed by atoms with Gasteiger partial charge in [-0.05, 0) is 59.7 Å². The summed E-state index contributed by atoms with van der Waals surface area (Å²) in [5.41, 5.74) is 12.7. The minimum absolute atomic E-state index is 0.534. The molecule has 2 aromatic carbocycles. The number of halogens is 1. The van der Waals surface area contributed by atoms with Gasteiger partial charge in [-0.15, -0.1) is 0 Å². The Hall–Kier alpha value is -1.51. The zero-order chi connectivity index (χ0) is 14.4. The van der Waals surface area contributed by atoms with Crippen molar-refractivity contribution in [3.8, 4) is 0 Å². The molecular formula is C18H19ClN2. The maximum absolute atomic E-state index is 6.11. The number of nitrogen functional groups attached to an aromatic ring is 1. The molecule has 1 aliphatic heterocycles. The van der Waals surface area contributed by atoms with Crippen LogP contribution in [0.2, 0.25) is 5.02 Å². The lowest BCUT2D eigenvalue weighted by Gasteiger charge is -2.34. The lowest BCUT2D eigenvalue weighted by Crippen LogP contribution is -2.33. The van der Waals surface area contributed by atoms with Crippen molar-refractivity contribution in [1.29, 1.82) is 0 Å². The Balaban J connectivity index is 1.63. The van der Waals surface area contributed by atoms with Crippen molar-refractivity contribution < 1.29 is 0 Å². The van der Waals surface area contributed by atoms with Crippen LogP contribution in [0.3, 0.4) is 0 Å². The second-order valence-corrected chi connectivity index (χ2v) is 6.54.